The average molecular weight is 262 g/mol. The molecule has 20 heavy (non-hydrogen) atoms. The zero-order chi connectivity index (χ0) is 14.2. The van der Waals surface area contributed by atoms with Crippen molar-refractivity contribution >= 4 is 0 Å². The highest BCUT2D eigenvalue weighted by Crippen LogP contribution is 2.38. The first-order valence-electron chi connectivity index (χ1n) is 7.18. The van der Waals surface area contributed by atoms with Gasteiger partial charge in [0.1, 0.15) is 0 Å². The molecule has 0 aliphatic heterocycles. The molecule has 2 aromatic carbocycles. The third-order valence-corrected chi connectivity index (χ3v) is 3.78. The van der Waals surface area contributed by atoms with Crippen LogP contribution in [0.4, 0.5) is 0 Å². The van der Waals surface area contributed by atoms with Gasteiger partial charge in [-0.3, -0.25) is 0 Å². The normalized spacial score (nSPS) is 13.4. The summed E-state index contributed by atoms with van der Waals surface area (Å²) in [6, 6.07) is 21.4. The van der Waals surface area contributed by atoms with Crippen molar-refractivity contribution in [2.45, 2.75) is 24.7 Å². The van der Waals surface area contributed by atoms with Crippen LogP contribution in [0.2, 0.25) is 0 Å². The lowest BCUT2D eigenvalue weighted by Crippen LogP contribution is -2.10. The van der Waals surface area contributed by atoms with Crippen molar-refractivity contribution in [3.63, 3.8) is 0 Å². The number of hydrogen-bond acceptors (Lipinski definition) is 0. The van der Waals surface area contributed by atoms with E-state index in [0.29, 0.717) is 11.8 Å². The predicted molar refractivity (Wildman–Crippen MR) is 88.0 cm³/mol. The molecule has 0 amide bonds. The summed E-state index contributed by atoms with van der Waals surface area (Å²) in [7, 11) is 0. The highest BCUT2D eigenvalue weighted by molar-refractivity contribution is 5.29. The Morgan fingerprint density at radius 1 is 0.650 bits per heavy atom. The van der Waals surface area contributed by atoms with Gasteiger partial charge in [-0.15, -0.1) is 13.2 Å². The Labute approximate surface area is 122 Å². The first-order valence-corrected chi connectivity index (χ1v) is 7.18. The van der Waals surface area contributed by atoms with Crippen LogP contribution in [0.25, 0.3) is 0 Å². The van der Waals surface area contributed by atoms with Gasteiger partial charge in [0.15, 0.2) is 0 Å². The number of hydrogen-bond donors (Lipinski definition) is 0. The maximum atomic E-state index is 3.94. The second-order valence-corrected chi connectivity index (χ2v) is 5.08. The van der Waals surface area contributed by atoms with Gasteiger partial charge < -0.3 is 0 Å². The molecule has 0 nitrogen and oxygen atoms in total. The van der Waals surface area contributed by atoms with Crippen LogP contribution in [-0.4, -0.2) is 0 Å². The Hall–Kier alpha value is -2.08. The van der Waals surface area contributed by atoms with E-state index in [1.165, 1.54) is 11.1 Å². The Morgan fingerprint density at radius 2 is 1.00 bits per heavy atom. The largest absolute Gasteiger partial charge is 0.103 e. The maximum Gasteiger partial charge on any atom is -0.00557 e. The summed E-state index contributed by atoms with van der Waals surface area (Å²) in [5.74, 6) is 0.906. The van der Waals surface area contributed by atoms with Crippen LogP contribution in [0, 0.1) is 0 Å². The molecule has 0 bridgehead atoms. The first kappa shape index (κ1) is 14.3. The van der Waals surface area contributed by atoms with Gasteiger partial charge >= 0.3 is 0 Å². The minimum atomic E-state index is 0.453. The van der Waals surface area contributed by atoms with E-state index in [2.05, 4.69) is 73.8 Å². The predicted octanol–water partition coefficient (Wildman–Crippen LogP) is 5.71. The zero-order valence-corrected chi connectivity index (χ0v) is 11.9. The van der Waals surface area contributed by atoms with Crippen LogP contribution in [-0.2, 0) is 0 Å². The molecule has 0 fully saturated rings. The summed E-state index contributed by atoms with van der Waals surface area (Å²) in [6.45, 7) is 7.87. The van der Waals surface area contributed by atoms with E-state index in [1.54, 1.807) is 0 Å². The van der Waals surface area contributed by atoms with E-state index in [9.17, 15) is 0 Å². The molecule has 0 radical (unpaired) electrons. The monoisotopic (exact) mass is 262 g/mol. The van der Waals surface area contributed by atoms with Gasteiger partial charge in [0.2, 0.25) is 0 Å². The third kappa shape index (κ3) is 3.48. The highest BCUT2D eigenvalue weighted by atomic mass is 14.3. The molecular formula is C20H22. The van der Waals surface area contributed by atoms with Crippen molar-refractivity contribution in [2.75, 3.05) is 0 Å². The molecule has 2 atom stereocenters. The van der Waals surface area contributed by atoms with Crippen molar-refractivity contribution in [2.24, 2.45) is 0 Å². The second kappa shape index (κ2) is 7.49. The Bertz CT molecular complexity index is 473. The van der Waals surface area contributed by atoms with Gasteiger partial charge in [-0.25, -0.2) is 0 Å². The van der Waals surface area contributed by atoms with Crippen molar-refractivity contribution in [1.82, 2.24) is 0 Å². The third-order valence-electron chi connectivity index (χ3n) is 3.78. The van der Waals surface area contributed by atoms with Gasteiger partial charge in [0.25, 0.3) is 0 Å². The molecule has 0 N–H and O–H groups in total. The Balaban J connectivity index is 2.37. The number of allylic oxidation sites excluding steroid dienone is 2. The minimum Gasteiger partial charge on any atom is -0.103 e. The number of benzene rings is 2. The lowest BCUT2D eigenvalue weighted by Gasteiger charge is -2.26. The Morgan fingerprint density at radius 3 is 1.30 bits per heavy atom. The quantitative estimate of drug-likeness (QED) is 0.561. The molecule has 0 aliphatic carbocycles. The zero-order valence-electron chi connectivity index (χ0n) is 11.9. The molecule has 0 saturated carbocycles. The van der Waals surface area contributed by atoms with Crippen molar-refractivity contribution < 1.29 is 0 Å². The summed E-state index contributed by atoms with van der Waals surface area (Å²) in [5.41, 5.74) is 2.76. The SMILES string of the molecule is C=CCC(c1ccccc1)C(CC=C)c1ccccc1. The van der Waals surface area contributed by atoms with Crippen LogP contribution in [0.3, 0.4) is 0 Å². The van der Waals surface area contributed by atoms with Gasteiger partial charge in [-0.2, -0.15) is 0 Å². The van der Waals surface area contributed by atoms with E-state index in [1.807, 2.05) is 12.2 Å². The molecule has 2 unspecified atom stereocenters. The van der Waals surface area contributed by atoms with Crippen molar-refractivity contribution in [3.05, 3.63) is 97.1 Å². The van der Waals surface area contributed by atoms with Gasteiger partial charge in [0.05, 0.1) is 0 Å². The fraction of sp³-hybridized carbons (Fsp3) is 0.200. The maximum absolute atomic E-state index is 3.94. The minimum absolute atomic E-state index is 0.453. The first-order chi connectivity index (χ1) is 9.86. The van der Waals surface area contributed by atoms with Crippen LogP contribution in [0.5, 0.6) is 0 Å². The highest BCUT2D eigenvalue weighted by Gasteiger charge is 2.22. The van der Waals surface area contributed by atoms with Gasteiger partial charge in [0, 0.05) is 0 Å². The smallest absolute Gasteiger partial charge is 0.00557 e. The average Bonchev–Trinajstić information content (AvgIpc) is 2.52. The van der Waals surface area contributed by atoms with Crippen LogP contribution in [0.1, 0.15) is 35.8 Å². The summed E-state index contributed by atoms with van der Waals surface area (Å²) < 4.78 is 0. The van der Waals surface area contributed by atoms with Gasteiger partial charge in [-0.05, 0) is 35.8 Å². The lowest BCUT2D eigenvalue weighted by molar-refractivity contribution is 0.547. The topological polar surface area (TPSA) is 0 Å². The lowest BCUT2D eigenvalue weighted by atomic mass is 9.78. The summed E-state index contributed by atoms with van der Waals surface area (Å²) in [5, 5.41) is 0. The van der Waals surface area contributed by atoms with Crippen molar-refractivity contribution in [1.29, 1.82) is 0 Å². The molecule has 0 saturated heterocycles. The Kier molecular flexibility index (Phi) is 5.37. The second-order valence-electron chi connectivity index (χ2n) is 5.08. The fourth-order valence-corrected chi connectivity index (χ4v) is 2.82. The van der Waals surface area contributed by atoms with E-state index >= 15 is 0 Å². The van der Waals surface area contributed by atoms with E-state index in [4.69, 9.17) is 0 Å². The summed E-state index contributed by atoms with van der Waals surface area (Å²) in [4.78, 5) is 0. The molecule has 102 valence electrons. The van der Waals surface area contributed by atoms with E-state index in [0.717, 1.165) is 12.8 Å². The van der Waals surface area contributed by atoms with Crippen LogP contribution < -0.4 is 0 Å². The van der Waals surface area contributed by atoms with E-state index in [-0.39, 0.29) is 0 Å². The molecule has 0 heterocycles. The fourth-order valence-electron chi connectivity index (χ4n) is 2.82. The molecule has 0 aromatic heterocycles. The summed E-state index contributed by atoms with van der Waals surface area (Å²) in [6.07, 6.45) is 6.02. The molecular weight excluding hydrogens is 240 g/mol. The molecule has 0 aliphatic rings. The molecule has 0 heteroatoms. The molecule has 0 spiro atoms. The number of rotatable bonds is 7. The van der Waals surface area contributed by atoms with Crippen LogP contribution in [0.15, 0.2) is 86.0 Å². The molecule has 2 rings (SSSR count). The van der Waals surface area contributed by atoms with Crippen LogP contribution >= 0.6 is 0 Å². The van der Waals surface area contributed by atoms with E-state index < -0.39 is 0 Å². The standard InChI is InChI=1S/C20H22/c1-3-11-19(17-13-7-5-8-14-17)20(12-4-2)18-15-9-6-10-16-18/h3-10,13-16,19-20H,1-2,11-12H2. The summed E-state index contributed by atoms with van der Waals surface area (Å²) >= 11 is 0. The molecule has 2 aromatic rings. The van der Waals surface area contributed by atoms with Crippen molar-refractivity contribution in [3.8, 4) is 0 Å². The van der Waals surface area contributed by atoms with Gasteiger partial charge in [-0.1, -0.05) is 72.8 Å².